The molecule has 0 aliphatic rings. The predicted octanol–water partition coefficient (Wildman–Crippen LogP) is 3.46. The lowest BCUT2D eigenvalue weighted by molar-refractivity contribution is -0.118. The van der Waals surface area contributed by atoms with Gasteiger partial charge < -0.3 is 14.8 Å². The summed E-state index contributed by atoms with van der Waals surface area (Å²) in [5, 5.41) is 12.0. The topological polar surface area (TPSA) is 78.3 Å². The highest BCUT2D eigenvalue weighted by Crippen LogP contribution is 2.20. The summed E-state index contributed by atoms with van der Waals surface area (Å²) in [7, 11) is 1.62. The van der Waals surface area contributed by atoms with Crippen LogP contribution in [0.3, 0.4) is 0 Å². The highest BCUT2D eigenvalue weighted by molar-refractivity contribution is 7.99. The van der Waals surface area contributed by atoms with E-state index >= 15 is 0 Å². The second-order valence-electron chi connectivity index (χ2n) is 6.31. The van der Waals surface area contributed by atoms with Gasteiger partial charge in [0.1, 0.15) is 18.1 Å². The van der Waals surface area contributed by atoms with Crippen LogP contribution in [0.2, 0.25) is 0 Å². The summed E-state index contributed by atoms with van der Waals surface area (Å²) in [5.41, 5.74) is 1.06. The standard InChI is InChI=1S/C22H24N4O3S/c1-3-13-26-20(15-29-19-11-9-18(28-2)10-12-19)24-25-22(26)30-16-21(27)23-14-17-7-5-4-6-8-17/h3-12H,1,13-16H2,2H3,(H,23,27). The van der Waals surface area contributed by atoms with Gasteiger partial charge in [-0.05, 0) is 29.8 Å². The van der Waals surface area contributed by atoms with Crippen LogP contribution in [0.15, 0.2) is 72.4 Å². The molecule has 0 unspecified atom stereocenters. The lowest BCUT2D eigenvalue weighted by Crippen LogP contribution is -2.24. The van der Waals surface area contributed by atoms with Crippen molar-refractivity contribution in [2.45, 2.75) is 24.9 Å². The molecule has 0 aliphatic carbocycles. The Balaban J connectivity index is 1.55. The molecule has 3 rings (SSSR count). The molecule has 30 heavy (non-hydrogen) atoms. The number of thioether (sulfide) groups is 1. The van der Waals surface area contributed by atoms with Gasteiger partial charge in [-0.1, -0.05) is 48.2 Å². The summed E-state index contributed by atoms with van der Waals surface area (Å²) < 4.78 is 12.8. The fraction of sp³-hybridized carbons (Fsp3) is 0.227. The Morgan fingerprint density at radius 3 is 2.57 bits per heavy atom. The number of carbonyl (C=O) groups excluding carboxylic acids is 1. The maximum absolute atomic E-state index is 12.2. The number of methoxy groups -OCH3 is 1. The van der Waals surface area contributed by atoms with Crippen LogP contribution in [0.25, 0.3) is 0 Å². The third-order valence-electron chi connectivity index (χ3n) is 4.20. The molecule has 0 fully saturated rings. The largest absolute Gasteiger partial charge is 0.497 e. The van der Waals surface area contributed by atoms with Gasteiger partial charge in [0.05, 0.1) is 12.9 Å². The van der Waals surface area contributed by atoms with E-state index in [2.05, 4.69) is 22.1 Å². The van der Waals surface area contributed by atoms with Crippen molar-refractivity contribution in [2.75, 3.05) is 12.9 Å². The molecule has 1 amide bonds. The maximum atomic E-state index is 12.2. The number of aromatic nitrogens is 3. The SMILES string of the molecule is C=CCn1c(COc2ccc(OC)cc2)nnc1SCC(=O)NCc1ccccc1. The molecular formula is C22H24N4O3S. The van der Waals surface area contributed by atoms with Crippen LogP contribution in [-0.4, -0.2) is 33.5 Å². The fourth-order valence-corrected chi connectivity index (χ4v) is 3.44. The van der Waals surface area contributed by atoms with Crippen molar-refractivity contribution < 1.29 is 14.3 Å². The number of carbonyl (C=O) groups is 1. The minimum absolute atomic E-state index is 0.0620. The molecule has 0 spiro atoms. The van der Waals surface area contributed by atoms with Crippen molar-refractivity contribution in [1.29, 1.82) is 0 Å². The number of ether oxygens (including phenoxy) is 2. The van der Waals surface area contributed by atoms with E-state index in [1.807, 2.05) is 59.2 Å². The molecule has 0 bridgehead atoms. The molecule has 0 saturated heterocycles. The number of benzene rings is 2. The summed E-state index contributed by atoms with van der Waals surface area (Å²) in [6.07, 6.45) is 1.76. The number of rotatable bonds is 11. The first-order chi connectivity index (χ1) is 14.7. The molecule has 0 atom stereocenters. The molecule has 156 valence electrons. The molecule has 3 aromatic rings. The Morgan fingerprint density at radius 2 is 1.87 bits per heavy atom. The summed E-state index contributed by atoms with van der Waals surface area (Å²) in [4.78, 5) is 12.2. The Kier molecular flexibility index (Phi) is 7.91. The van der Waals surface area contributed by atoms with Gasteiger partial charge in [-0.2, -0.15) is 0 Å². The third-order valence-corrected chi connectivity index (χ3v) is 5.16. The van der Waals surface area contributed by atoms with Gasteiger partial charge >= 0.3 is 0 Å². The van der Waals surface area contributed by atoms with Crippen LogP contribution in [0, 0.1) is 0 Å². The van der Waals surface area contributed by atoms with Gasteiger partial charge in [0.25, 0.3) is 0 Å². The van der Waals surface area contributed by atoms with Crippen molar-refractivity contribution in [3.05, 3.63) is 78.6 Å². The van der Waals surface area contributed by atoms with E-state index in [0.29, 0.717) is 29.8 Å². The van der Waals surface area contributed by atoms with E-state index in [1.54, 1.807) is 13.2 Å². The van der Waals surface area contributed by atoms with E-state index in [1.165, 1.54) is 11.8 Å². The number of amides is 1. The molecule has 0 radical (unpaired) electrons. The van der Waals surface area contributed by atoms with E-state index in [9.17, 15) is 4.79 Å². The molecule has 8 heteroatoms. The molecule has 1 aromatic heterocycles. The number of hydrogen-bond donors (Lipinski definition) is 1. The van der Waals surface area contributed by atoms with E-state index < -0.39 is 0 Å². The second kappa shape index (κ2) is 11.1. The van der Waals surface area contributed by atoms with E-state index in [0.717, 1.165) is 11.3 Å². The smallest absolute Gasteiger partial charge is 0.230 e. The van der Waals surface area contributed by atoms with Gasteiger partial charge in [0, 0.05) is 13.1 Å². The Hall–Kier alpha value is -3.26. The third kappa shape index (κ3) is 6.12. The number of allylic oxidation sites excluding steroid dienone is 1. The van der Waals surface area contributed by atoms with Gasteiger partial charge in [-0.3, -0.25) is 9.36 Å². The van der Waals surface area contributed by atoms with E-state index in [-0.39, 0.29) is 18.3 Å². The molecule has 0 aliphatic heterocycles. The summed E-state index contributed by atoms with van der Waals surface area (Å²) >= 11 is 1.34. The monoisotopic (exact) mass is 424 g/mol. The van der Waals surface area contributed by atoms with Gasteiger partial charge in [0.15, 0.2) is 11.0 Å². The second-order valence-corrected chi connectivity index (χ2v) is 7.26. The highest BCUT2D eigenvalue weighted by atomic mass is 32.2. The summed E-state index contributed by atoms with van der Waals surface area (Å²) in [6.45, 7) is 5.08. The first kappa shape index (κ1) is 21.4. The minimum Gasteiger partial charge on any atom is -0.497 e. The first-order valence-corrected chi connectivity index (χ1v) is 10.4. The van der Waals surface area contributed by atoms with Crippen LogP contribution in [0.1, 0.15) is 11.4 Å². The molecule has 1 N–H and O–H groups in total. The van der Waals surface area contributed by atoms with Crippen LogP contribution >= 0.6 is 11.8 Å². The maximum Gasteiger partial charge on any atom is 0.230 e. The van der Waals surface area contributed by atoms with Crippen molar-refractivity contribution in [3.8, 4) is 11.5 Å². The molecule has 7 nitrogen and oxygen atoms in total. The van der Waals surface area contributed by atoms with Crippen molar-refractivity contribution >= 4 is 17.7 Å². The fourth-order valence-electron chi connectivity index (χ4n) is 2.64. The quantitative estimate of drug-likeness (QED) is 0.375. The molecule has 1 heterocycles. The Labute approximate surface area is 180 Å². The lowest BCUT2D eigenvalue weighted by atomic mass is 10.2. The molecule has 2 aromatic carbocycles. The Morgan fingerprint density at radius 1 is 1.13 bits per heavy atom. The molecular weight excluding hydrogens is 400 g/mol. The van der Waals surface area contributed by atoms with Crippen molar-refractivity contribution in [3.63, 3.8) is 0 Å². The van der Waals surface area contributed by atoms with Gasteiger partial charge in [0.2, 0.25) is 5.91 Å². The number of hydrogen-bond acceptors (Lipinski definition) is 6. The normalized spacial score (nSPS) is 10.4. The highest BCUT2D eigenvalue weighted by Gasteiger charge is 2.14. The first-order valence-electron chi connectivity index (χ1n) is 9.43. The van der Waals surface area contributed by atoms with Crippen LogP contribution in [-0.2, 0) is 24.5 Å². The van der Waals surface area contributed by atoms with Crippen molar-refractivity contribution in [2.24, 2.45) is 0 Å². The minimum atomic E-state index is -0.0620. The average molecular weight is 425 g/mol. The van der Waals surface area contributed by atoms with Crippen molar-refractivity contribution in [1.82, 2.24) is 20.1 Å². The van der Waals surface area contributed by atoms with Crippen LogP contribution in [0.4, 0.5) is 0 Å². The predicted molar refractivity (Wildman–Crippen MR) is 117 cm³/mol. The summed E-state index contributed by atoms with van der Waals surface area (Å²) in [6, 6.07) is 17.1. The number of nitrogens with one attached hydrogen (secondary N) is 1. The zero-order valence-electron chi connectivity index (χ0n) is 16.8. The zero-order valence-corrected chi connectivity index (χ0v) is 17.6. The lowest BCUT2D eigenvalue weighted by Gasteiger charge is -2.10. The summed E-state index contributed by atoms with van der Waals surface area (Å²) in [5.74, 6) is 2.33. The van der Waals surface area contributed by atoms with Crippen LogP contribution < -0.4 is 14.8 Å². The average Bonchev–Trinajstić information content (AvgIpc) is 3.17. The number of nitrogens with zero attached hydrogens (tertiary/aromatic N) is 3. The van der Waals surface area contributed by atoms with Gasteiger partial charge in [-0.15, -0.1) is 16.8 Å². The zero-order chi connectivity index (χ0) is 21.2. The van der Waals surface area contributed by atoms with E-state index in [4.69, 9.17) is 9.47 Å². The Bertz CT molecular complexity index is 958. The van der Waals surface area contributed by atoms with Gasteiger partial charge in [-0.25, -0.2) is 0 Å². The van der Waals surface area contributed by atoms with Crippen LogP contribution in [0.5, 0.6) is 11.5 Å². The molecule has 0 saturated carbocycles.